The van der Waals surface area contributed by atoms with Crippen molar-refractivity contribution in [3.05, 3.63) is 48.2 Å². The van der Waals surface area contributed by atoms with Crippen molar-refractivity contribution in [2.75, 3.05) is 7.11 Å². The van der Waals surface area contributed by atoms with Gasteiger partial charge in [0.25, 0.3) is 0 Å². The Bertz CT molecular complexity index is 502. The minimum Gasteiger partial charge on any atom is -0.493 e. The maximum Gasteiger partial charge on any atom is 0.219 e. The fourth-order valence-electron chi connectivity index (χ4n) is 1.41. The van der Waals surface area contributed by atoms with Crippen LogP contribution in [0.4, 0.5) is 0 Å². The fourth-order valence-corrected chi connectivity index (χ4v) is 1.57. The van der Waals surface area contributed by atoms with Crippen molar-refractivity contribution in [2.45, 2.75) is 5.88 Å². The van der Waals surface area contributed by atoms with Crippen LogP contribution in [0.15, 0.2) is 42.6 Å². The first-order valence-electron chi connectivity index (χ1n) is 5.15. The van der Waals surface area contributed by atoms with E-state index in [1.807, 2.05) is 30.3 Å². The predicted octanol–water partition coefficient (Wildman–Crippen LogP) is 3.62. The lowest BCUT2D eigenvalue weighted by Gasteiger charge is -2.09. The number of ether oxygens (including phenoxy) is 2. The SMILES string of the molecule is COc1ccccc1Oc1cc(CCl)ccn1. The molecule has 0 amide bonds. The Kier molecular flexibility index (Phi) is 3.83. The molecule has 0 saturated carbocycles. The first-order chi connectivity index (χ1) is 8.33. The molecule has 0 spiro atoms. The molecule has 1 aromatic carbocycles. The zero-order chi connectivity index (χ0) is 12.1. The average Bonchev–Trinajstić information content (AvgIpc) is 2.39. The average molecular weight is 250 g/mol. The number of methoxy groups -OCH3 is 1. The Morgan fingerprint density at radius 3 is 2.65 bits per heavy atom. The highest BCUT2D eigenvalue weighted by molar-refractivity contribution is 6.17. The molecular weight excluding hydrogens is 238 g/mol. The van der Waals surface area contributed by atoms with Crippen molar-refractivity contribution < 1.29 is 9.47 Å². The van der Waals surface area contributed by atoms with Gasteiger partial charge < -0.3 is 9.47 Å². The normalized spacial score (nSPS) is 10.0. The molecule has 0 fully saturated rings. The van der Waals surface area contributed by atoms with E-state index < -0.39 is 0 Å². The van der Waals surface area contributed by atoms with Crippen LogP contribution in [0.1, 0.15) is 5.56 Å². The summed E-state index contributed by atoms with van der Waals surface area (Å²) in [6, 6.07) is 11.1. The maximum atomic E-state index is 5.75. The lowest BCUT2D eigenvalue weighted by atomic mass is 10.3. The number of nitrogens with zero attached hydrogens (tertiary/aromatic N) is 1. The number of hydrogen-bond acceptors (Lipinski definition) is 3. The Balaban J connectivity index is 2.24. The van der Waals surface area contributed by atoms with Crippen LogP contribution in [0.25, 0.3) is 0 Å². The number of rotatable bonds is 4. The second kappa shape index (κ2) is 5.55. The zero-order valence-corrected chi connectivity index (χ0v) is 10.1. The molecule has 0 radical (unpaired) electrons. The highest BCUT2D eigenvalue weighted by Crippen LogP contribution is 2.30. The van der Waals surface area contributed by atoms with Crippen molar-refractivity contribution in [1.29, 1.82) is 0 Å². The van der Waals surface area contributed by atoms with E-state index in [0.717, 1.165) is 5.56 Å². The molecule has 1 aromatic heterocycles. The molecule has 3 nitrogen and oxygen atoms in total. The molecular formula is C13H12ClNO2. The fraction of sp³-hybridized carbons (Fsp3) is 0.154. The van der Waals surface area contributed by atoms with Gasteiger partial charge in [-0.15, -0.1) is 11.6 Å². The van der Waals surface area contributed by atoms with Gasteiger partial charge in [0.05, 0.1) is 7.11 Å². The summed E-state index contributed by atoms with van der Waals surface area (Å²) in [5.74, 6) is 2.25. The van der Waals surface area contributed by atoms with E-state index in [4.69, 9.17) is 21.1 Å². The van der Waals surface area contributed by atoms with Crippen LogP contribution in [-0.2, 0) is 5.88 Å². The maximum absolute atomic E-state index is 5.75. The molecule has 0 atom stereocenters. The third-order valence-electron chi connectivity index (χ3n) is 2.24. The van der Waals surface area contributed by atoms with Gasteiger partial charge in [-0.05, 0) is 23.8 Å². The van der Waals surface area contributed by atoms with E-state index in [-0.39, 0.29) is 0 Å². The van der Waals surface area contributed by atoms with Crippen molar-refractivity contribution in [1.82, 2.24) is 4.98 Å². The molecule has 0 aliphatic rings. The van der Waals surface area contributed by atoms with E-state index in [2.05, 4.69) is 4.98 Å². The van der Waals surface area contributed by atoms with E-state index >= 15 is 0 Å². The van der Waals surface area contributed by atoms with Gasteiger partial charge in [-0.3, -0.25) is 0 Å². The number of aromatic nitrogens is 1. The van der Waals surface area contributed by atoms with Crippen LogP contribution < -0.4 is 9.47 Å². The molecule has 17 heavy (non-hydrogen) atoms. The Morgan fingerprint density at radius 2 is 1.94 bits per heavy atom. The van der Waals surface area contributed by atoms with Crippen LogP contribution in [0.5, 0.6) is 17.4 Å². The van der Waals surface area contributed by atoms with Crippen LogP contribution in [0, 0.1) is 0 Å². The van der Waals surface area contributed by atoms with Gasteiger partial charge in [0.15, 0.2) is 11.5 Å². The molecule has 1 heterocycles. The molecule has 2 aromatic rings. The van der Waals surface area contributed by atoms with Gasteiger partial charge in [-0.2, -0.15) is 0 Å². The van der Waals surface area contributed by atoms with Gasteiger partial charge in [0.2, 0.25) is 5.88 Å². The Hall–Kier alpha value is -1.74. The molecule has 4 heteroatoms. The minimum atomic E-state index is 0.435. The van der Waals surface area contributed by atoms with Gasteiger partial charge in [0.1, 0.15) is 0 Å². The van der Waals surface area contributed by atoms with E-state index in [1.165, 1.54) is 0 Å². The van der Waals surface area contributed by atoms with Crippen molar-refractivity contribution in [2.24, 2.45) is 0 Å². The Labute approximate surface area is 105 Å². The van der Waals surface area contributed by atoms with E-state index in [9.17, 15) is 0 Å². The third-order valence-corrected chi connectivity index (χ3v) is 2.55. The van der Waals surface area contributed by atoms with Gasteiger partial charge >= 0.3 is 0 Å². The van der Waals surface area contributed by atoms with Gasteiger partial charge in [-0.25, -0.2) is 4.98 Å². The van der Waals surface area contributed by atoms with Crippen LogP contribution in [0.2, 0.25) is 0 Å². The van der Waals surface area contributed by atoms with Crippen LogP contribution in [0.3, 0.4) is 0 Å². The molecule has 88 valence electrons. The van der Waals surface area contributed by atoms with Crippen molar-refractivity contribution in [3.8, 4) is 17.4 Å². The van der Waals surface area contributed by atoms with Crippen LogP contribution in [-0.4, -0.2) is 12.1 Å². The van der Waals surface area contributed by atoms with E-state index in [0.29, 0.717) is 23.3 Å². The smallest absolute Gasteiger partial charge is 0.219 e. The number of halogens is 1. The molecule has 0 N–H and O–H groups in total. The Morgan fingerprint density at radius 1 is 1.18 bits per heavy atom. The van der Waals surface area contributed by atoms with Crippen LogP contribution >= 0.6 is 11.6 Å². The number of para-hydroxylation sites is 2. The topological polar surface area (TPSA) is 31.4 Å². The molecule has 0 saturated heterocycles. The standard InChI is InChI=1S/C13H12ClNO2/c1-16-11-4-2-3-5-12(11)17-13-8-10(9-14)6-7-15-13/h2-8H,9H2,1H3. The quantitative estimate of drug-likeness (QED) is 0.776. The third kappa shape index (κ3) is 2.88. The molecule has 0 unspecified atom stereocenters. The predicted molar refractivity (Wildman–Crippen MR) is 66.9 cm³/mol. The summed E-state index contributed by atoms with van der Waals surface area (Å²) in [5.41, 5.74) is 0.964. The number of alkyl halides is 1. The summed E-state index contributed by atoms with van der Waals surface area (Å²) < 4.78 is 10.8. The summed E-state index contributed by atoms with van der Waals surface area (Å²) in [7, 11) is 1.60. The largest absolute Gasteiger partial charge is 0.493 e. The zero-order valence-electron chi connectivity index (χ0n) is 9.39. The highest BCUT2D eigenvalue weighted by Gasteiger charge is 2.05. The highest BCUT2D eigenvalue weighted by atomic mass is 35.5. The van der Waals surface area contributed by atoms with Crippen molar-refractivity contribution >= 4 is 11.6 Å². The second-order valence-corrected chi connectivity index (χ2v) is 3.66. The lowest BCUT2D eigenvalue weighted by molar-refractivity contribution is 0.374. The monoisotopic (exact) mass is 249 g/mol. The molecule has 0 aliphatic heterocycles. The summed E-state index contributed by atoms with van der Waals surface area (Å²) >= 11 is 5.75. The summed E-state index contributed by atoms with van der Waals surface area (Å²) in [4.78, 5) is 4.12. The molecule has 2 rings (SSSR count). The summed E-state index contributed by atoms with van der Waals surface area (Å²) in [5, 5.41) is 0. The molecule has 0 bridgehead atoms. The number of benzene rings is 1. The second-order valence-electron chi connectivity index (χ2n) is 3.39. The van der Waals surface area contributed by atoms with Gasteiger partial charge in [0, 0.05) is 18.1 Å². The van der Waals surface area contributed by atoms with Crippen molar-refractivity contribution in [3.63, 3.8) is 0 Å². The van der Waals surface area contributed by atoms with Gasteiger partial charge in [-0.1, -0.05) is 12.1 Å². The minimum absolute atomic E-state index is 0.435. The lowest BCUT2D eigenvalue weighted by Crippen LogP contribution is -1.92. The summed E-state index contributed by atoms with van der Waals surface area (Å²) in [6.45, 7) is 0. The number of pyridine rings is 1. The molecule has 0 aliphatic carbocycles. The number of hydrogen-bond donors (Lipinski definition) is 0. The first kappa shape index (κ1) is 11.7. The van der Waals surface area contributed by atoms with E-state index in [1.54, 1.807) is 19.4 Å². The first-order valence-corrected chi connectivity index (χ1v) is 5.68. The summed E-state index contributed by atoms with van der Waals surface area (Å²) in [6.07, 6.45) is 1.67.